The second-order valence-corrected chi connectivity index (χ2v) is 8.08. The van der Waals surface area contributed by atoms with Crippen molar-refractivity contribution in [1.82, 2.24) is 14.9 Å². The maximum atomic E-state index is 12.2. The van der Waals surface area contributed by atoms with Crippen molar-refractivity contribution in [1.29, 1.82) is 0 Å². The van der Waals surface area contributed by atoms with Crippen molar-refractivity contribution >= 4 is 17.7 Å². The Bertz CT molecular complexity index is 544. The number of carbonyl (C=O) groups excluding carboxylic acids is 1. The number of aromatic nitrogens is 2. The molecular formula is C17H27N3OS. The Balaban J connectivity index is 1.74. The fraction of sp³-hybridized carbons (Fsp3) is 0.765. The van der Waals surface area contributed by atoms with Gasteiger partial charge in [0.2, 0.25) is 5.91 Å². The van der Waals surface area contributed by atoms with E-state index in [1.807, 2.05) is 6.92 Å². The van der Waals surface area contributed by atoms with Gasteiger partial charge in [-0.2, -0.15) is 0 Å². The summed E-state index contributed by atoms with van der Waals surface area (Å²) in [7, 11) is 0. The number of hydrogen-bond donors (Lipinski definition) is 1. The smallest absolute Gasteiger partial charge is 0.233 e. The number of aryl methyl sites for hydroxylation is 1. The van der Waals surface area contributed by atoms with Gasteiger partial charge >= 0.3 is 0 Å². The van der Waals surface area contributed by atoms with Gasteiger partial charge in [0.05, 0.1) is 10.9 Å². The number of carbonyl (C=O) groups is 1. The molecule has 4 nitrogen and oxygen atoms in total. The van der Waals surface area contributed by atoms with Gasteiger partial charge in [-0.1, -0.05) is 31.0 Å². The summed E-state index contributed by atoms with van der Waals surface area (Å²) in [6.07, 6.45) is 8.73. The normalized spacial score (nSPS) is 20.9. The Morgan fingerprint density at radius 1 is 1.23 bits per heavy atom. The summed E-state index contributed by atoms with van der Waals surface area (Å²) in [5.41, 5.74) is 2.37. The molecule has 0 aromatic carbocycles. The van der Waals surface area contributed by atoms with Crippen molar-refractivity contribution in [3.05, 3.63) is 11.4 Å². The van der Waals surface area contributed by atoms with Crippen molar-refractivity contribution in [2.45, 2.75) is 88.2 Å². The second kappa shape index (κ2) is 6.65. The highest BCUT2D eigenvalue weighted by molar-refractivity contribution is 8.00. The number of thioether (sulfide) groups is 1. The molecule has 0 bridgehead atoms. The highest BCUT2D eigenvalue weighted by Gasteiger charge is 2.28. The molecule has 3 rings (SSSR count). The number of hydrogen-bond acceptors (Lipinski definition) is 3. The monoisotopic (exact) mass is 321 g/mol. The van der Waals surface area contributed by atoms with Crippen LogP contribution in [0.5, 0.6) is 0 Å². The van der Waals surface area contributed by atoms with E-state index in [1.54, 1.807) is 11.8 Å². The molecule has 0 spiro atoms. The highest BCUT2D eigenvalue weighted by Crippen LogP contribution is 2.35. The lowest BCUT2D eigenvalue weighted by atomic mass is 9.95. The third-order valence-electron chi connectivity index (χ3n) is 4.87. The number of nitrogens with one attached hydrogen (secondary N) is 1. The number of amides is 1. The van der Waals surface area contributed by atoms with E-state index in [9.17, 15) is 4.79 Å². The summed E-state index contributed by atoms with van der Waals surface area (Å²) in [5, 5.41) is 4.05. The summed E-state index contributed by atoms with van der Waals surface area (Å²) in [6.45, 7) is 6.23. The molecule has 1 atom stereocenters. The Morgan fingerprint density at radius 2 is 1.91 bits per heavy atom. The van der Waals surface area contributed by atoms with Crippen molar-refractivity contribution in [2.75, 3.05) is 0 Å². The molecule has 1 heterocycles. The van der Waals surface area contributed by atoms with E-state index in [2.05, 4.69) is 23.7 Å². The first-order valence-corrected chi connectivity index (χ1v) is 9.46. The molecule has 0 radical (unpaired) electrons. The lowest BCUT2D eigenvalue weighted by Gasteiger charge is -2.26. The first kappa shape index (κ1) is 15.9. The fourth-order valence-corrected chi connectivity index (χ4v) is 4.29. The summed E-state index contributed by atoms with van der Waals surface area (Å²) in [6, 6.07) is 0.994. The summed E-state index contributed by atoms with van der Waals surface area (Å²) >= 11 is 1.62. The Labute approximate surface area is 137 Å². The van der Waals surface area contributed by atoms with Gasteiger partial charge in [-0.3, -0.25) is 4.79 Å². The van der Waals surface area contributed by atoms with E-state index in [1.165, 1.54) is 37.8 Å². The Morgan fingerprint density at radius 3 is 2.55 bits per heavy atom. The average molecular weight is 321 g/mol. The first-order chi connectivity index (χ1) is 10.6. The molecule has 1 aromatic rings. The minimum absolute atomic E-state index is 0.0795. The van der Waals surface area contributed by atoms with Gasteiger partial charge in [-0.05, 0) is 46.5 Å². The molecule has 0 saturated heterocycles. The molecule has 1 aromatic heterocycles. The van der Waals surface area contributed by atoms with Crippen molar-refractivity contribution in [3.63, 3.8) is 0 Å². The van der Waals surface area contributed by atoms with E-state index in [0.717, 1.165) is 23.7 Å². The standard InChI is InChI=1S/C17H27N3OS/c1-11-12(2)20(15-7-5-4-6-8-15)17(18-11)22-13(3)16(21)19-14-9-10-14/h13-15H,4-10H2,1-3H3,(H,19,21). The molecule has 5 heteroatoms. The third-order valence-corrected chi connectivity index (χ3v) is 5.94. The molecule has 22 heavy (non-hydrogen) atoms. The van der Waals surface area contributed by atoms with Gasteiger partial charge in [0.1, 0.15) is 0 Å². The zero-order chi connectivity index (χ0) is 15.7. The van der Waals surface area contributed by atoms with Crippen LogP contribution in [0, 0.1) is 13.8 Å². The number of imidazole rings is 1. The molecule has 2 aliphatic carbocycles. The van der Waals surface area contributed by atoms with Gasteiger partial charge in [0, 0.05) is 17.8 Å². The summed E-state index contributed by atoms with van der Waals surface area (Å²) < 4.78 is 2.40. The summed E-state index contributed by atoms with van der Waals surface area (Å²) in [5.74, 6) is 0.154. The van der Waals surface area contributed by atoms with Gasteiger partial charge in [0.15, 0.2) is 5.16 Å². The van der Waals surface area contributed by atoms with Crippen LogP contribution in [0.15, 0.2) is 5.16 Å². The van der Waals surface area contributed by atoms with Crippen molar-refractivity contribution in [3.8, 4) is 0 Å². The van der Waals surface area contributed by atoms with E-state index >= 15 is 0 Å². The van der Waals surface area contributed by atoms with E-state index in [4.69, 9.17) is 4.98 Å². The minimum atomic E-state index is -0.0795. The molecule has 1 unspecified atom stereocenters. The van der Waals surface area contributed by atoms with Crippen LogP contribution in [0.2, 0.25) is 0 Å². The van der Waals surface area contributed by atoms with Crippen molar-refractivity contribution in [2.24, 2.45) is 0 Å². The Kier molecular flexibility index (Phi) is 4.81. The highest BCUT2D eigenvalue weighted by atomic mass is 32.2. The van der Waals surface area contributed by atoms with Crippen LogP contribution in [-0.4, -0.2) is 26.8 Å². The fourth-order valence-electron chi connectivity index (χ4n) is 3.21. The topological polar surface area (TPSA) is 46.9 Å². The van der Waals surface area contributed by atoms with Crippen molar-refractivity contribution < 1.29 is 4.79 Å². The largest absolute Gasteiger partial charge is 0.352 e. The average Bonchev–Trinajstić information content (AvgIpc) is 3.27. The maximum absolute atomic E-state index is 12.2. The Hall–Kier alpha value is -0.970. The van der Waals surface area contributed by atoms with Crippen LogP contribution in [0.25, 0.3) is 0 Å². The number of rotatable bonds is 5. The zero-order valence-electron chi connectivity index (χ0n) is 13.9. The minimum Gasteiger partial charge on any atom is -0.352 e. The lowest BCUT2D eigenvalue weighted by Crippen LogP contribution is -2.32. The van der Waals surface area contributed by atoms with Crippen LogP contribution in [-0.2, 0) is 4.79 Å². The van der Waals surface area contributed by atoms with Gasteiger partial charge in [-0.25, -0.2) is 4.98 Å². The SMILES string of the molecule is Cc1nc(SC(C)C(=O)NC2CC2)n(C2CCCCC2)c1C. The maximum Gasteiger partial charge on any atom is 0.233 e. The summed E-state index contributed by atoms with van der Waals surface area (Å²) in [4.78, 5) is 17.0. The lowest BCUT2D eigenvalue weighted by molar-refractivity contribution is -0.120. The van der Waals surface area contributed by atoms with Gasteiger partial charge in [0.25, 0.3) is 0 Å². The molecule has 2 fully saturated rings. The molecule has 1 N–H and O–H groups in total. The third kappa shape index (κ3) is 3.50. The van der Waals surface area contributed by atoms with E-state index in [-0.39, 0.29) is 11.2 Å². The van der Waals surface area contributed by atoms with Crippen LogP contribution >= 0.6 is 11.8 Å². The molecule has 0 aliphatic heterocycles. The van der Waals surface area contributed by atoms with Crippen LogP contribution in [0.4, 0.5) is 0 Å². The molecular weight excluding hydrogens is 294 g/mol. The van der Waals surface area contributed by atoms with Crippen LogP contribution in [0.3, 0.4) is 0 Å². The van der Waals surface area contributed by atoms with Crippen LogP contribution in [0.1, 0.15) is 69.3 Å². The number of nitrogens with zero attached hydrogens (tertiary/aromatic N) is 2. The predicted molar refractivity (Wildman–Crippen MR) is 90.3 cm³/mol. The quantitative estimate of drug-likeness (QED) is 0.840. The second-order valence-electron chi connectivity index (χ2n) is 6.77. The molecule has 1 amide bonds. The molecule has 2 aliphatic rings. The first-order valence-electron chi connectivity index (χ1n) is 8.58. The van der Waals surface area contributed by atoms with Gasteiger partial charge in [-0.15, -0.1) is 0 Å². The molecule has 122 valence electrons. The molecule has 2 saturated carbocycles. The van der Waals surface area contributed by atoms with Gasteiger partial charge < -0.3 is 9.88 Å². The van der Waals surface area contributed by atoms with E-state index in [0.29, 0.717) is 12.1 Å². The van der Waals surface area contributed by atoms with Crippen LogP contribution < -0.4 is 5.32 Å². The van der Waals surface area contributed by atoms with E-state index < -0.39 is 0 Å². The predicted octanol–water partition coefficient (Wildman–Crippen LogP) is 3.76. The zero-order valence-corrected chi connectivity index (χ0v) is 14.7.